The van der Waals surface area contributed by atoms with Crippen LogP contribution in [0.3, 0.4) is 0 Å². The zero-order valence-corrected chi connectivity index (χ0v) is 16.5. The van der Waals surface area contributed by atoms with E-state index in [1.54, 1.807) is 18.4 Å². The van der Waals surface area contributed by atoms with E-state index in [4.69, 9.17) is 14.9 Å². The number of benzene rings is 1. The maximum atomic E-state index is 12.9. The van der Waals surface area contributed by atoms with Gasteiger partial charge < -0.3 is 20.2 Å². The van der Waals surface area contributed by atoms with Crippen LogP contribution in [-0.2, 0) is 11.2 Å². The summed E-state index contributed by atoms with van der Waals surface area (Å²) in [6.45, 7) is 4.62. The Balaban J connectivity index is 0.00000312. The number of aliphatic imine (C=N–C) groups is 1. The van der Waals surface area contributed by atoms with Crippen molar-refractivity contribution in [2.45, 2.75) is 19.8 Å². The first-order chi connectivity index (χ1) is 11.7. The highest BCUT2D eigenvalue weighted by Crippen LogP contribution is 2.18. The highest BCUT2D eigenvalue weighted by molar-refractivity contribution is 14.0. The number of ether oxygens (including phenoxy) is 1. The van der Waals surface area contributed by atoms with Gasteiger partial charge in [0.15, 0.2) is 5.96 Å². The van der Waals surface area contributed by atoms with Crippen molar-refractivity contribution in [3.63, 3.8) is 0 Å². The zero-order valence-electron chi connectivity index (χ0n) is 14.2. The quantitative estimate of drug-likeness (QED) is 0.259. The first kappa shape index (κ1) is 21.4. The summed E-state index contributed by atoms with van der Waals surface area (Å²) < 4.78 is 23.6. The molecular weight excluding hydrogens is 438 g/mol. The molecule has 1 aromatic heterocycles. The van der Waals surface area contributed by atoms with Gasteiger partial charge in [-0.1, -0.05) is 0 Å². The number of hydrogen-bond donors (Lipinski definition) is 2. The molecule has 8 heteroatoms. The molecule has 0 amide bonds. The molecule has 138 valence electrons. The number of oxazole rings is 1. The second-order valence-electron chi connectivity index (χ2n) is 5.15. The fourth-order valence-corrected chi connectivity index (χ4v) is 2.03. The maximum Gasteiger partial charge on any atom is 0.226 e. The topological polar surface area (TPSA) is 85.7 Å². The summed E-state index contributed by atoms with van der Waals surface area (Å²) in [4.78, 5) is 8.59. The van der Waals surface area contributed by atoms with Crippen LogP contribution >= 0.6 is 24.0 Å². The normalized spacial score (nSPS) is 11.2. The molecule has 0 fully saturated rings. The molecule has 2 rings (SSSR count). The molecule has 1 heterocycles. The number of nitrogens with one attached hydrogen (secondary N) is 1. The Kier molecular flexibility index (Phi) is 10.1. The first-order valence-electron chi connectivity index (χ1n) is 8.01. The maximum absolute atomic E-state index is 12.9. The van der Waals surface area contributed by atoms with Gasteiger partial charge in [-0.25, -0.2) is 9.37 Å². The van der Waals surface area contributed by atoms with Crippen molar-refractivity contribution >= 4 is 29.9 Å². The van der Waals surface area contributed by atoms with Gasteiger partial charge in [-0.15, -0.1) is 24.0 Å². The van der Waals surface area contributed by atoms with Gasteiger partial charge in [-0.2, -0.15) is 0 Å². The molecule has 0 atom stereocenters. The minimum atomic E-state index is -0.286. The van der Waals surface area contributed by atoms with E-state index < -0.39 is 0 Å². The van der Waals surface area contributed by atoms with Crippen molar-refractivity contribution in [2.24, 2.45) is 10.7 Å². The van der Waals surface area contributed by atoms with Crippen LogP contribution in [0.5, 0.6) is 0 Å². The number of nitrogens with two attached hydrogens (primary N) is 1. The third-order valence-electron chi connectivity index (χ3n) is 3.26. The van der Waals surface area contributed by atoms with Crippen LogP contribution in [0.2, 0.25) is 0 Å². The van der Waals surface area contributed by atoms with Crippen LogP contribution in [0.15, 0.2) is 39.9 Å². The van der Waals surface area contributed by atoms with E-state index in [1.165, 1.54) is 12.1 Å². The van der Waals surface area contributed by atoms with E-state index in [0.29, 0.717) is 38.0 Å². The SMILES string of the molecule is CCOCCCN=C(N)NCCc1coc(-c2ccc(F)cc2)n1.I. The summed E-state index contributed by atoms with van der Waals surface area (Å²) >= 11 is 0. The molecule has 2 aromatic rings. The van der Waals surface area contributed by atoms with Crippen LogP contribution in [0.25, 0.3) is 11.5 Å². The Labute approximate surface area is 164 Å². The van der Waals surface area contributed by atoms with Gasteiger partial charge in [0.2, 0.25) is 5.89 Å². The second-order valence-corrected chi connectivity index (χ2v) is 5.15. The minimum Gasteiger partial charge on any atom is -0.444 e. The molecule has 3 N–H and O–H groups in total. The number of rotatable bonds is 9. The Hall–Kier alpha value is -1.68. The fourth-order valence-electron chi connectivity index (χ4n) is 2.03. The van der Waals surface area contributed by atoms with Gasteiger partial charge in [-0.3, -0.25) is 4.99 Å². The Morgan fingerprint density at radius 1 is 1.36 bits per heavy atom. The van der Waals surface area contributed by atoms with E-state index in [2.05, 4.69) is 15.3 Å². The molecule has 0 radical (unpaired) electrons. The molecule has 1 aromatic carbocycles. The van der Waals surface area contributed by atoms with Crippen LogP contribution in [-0.4, -0.2) is 37.2 Å². The average molecular weight is 462 g/mol. The van der Waals surface area contributed by atoms with Crippen molar-refractivity contribution < 1.29 is 13.5 Å². The first-order valence-corrected chi connectivity index (χ1v) is 8.01. The highest BCUT2D eigenvalue weighted by atomic mass is 127. The summed E-state index contributed by atoms with van der Waals surface area (Å²) in [7, 11) is 0. The Bertz CT molecular complexity index is 646. The average Bonchev–Trinajstić information content (AvgIpc) is 3.04. The Morgan fingerprint density at radius 3 is 2.84 bits per heavy atom. The predicted octanol–water partition coefficient (Wildman–Crippen LogP) is 2.97. The number of nitrogens with zero attached hydrogens (tertiary/aromatic N) is 2. The minimum absolute atomic E-state index is 0. The lowest BCUT2D eigenvalue weighted by Gasteiger charge is -2.04. The summed E-state index contributed by atoms with van der Waals surface area (Å²) in [5.74, 6) is 0.599. The summed E-state index contributed by atoms with van der Waals surface area (Å²) in [6, 6.07) is 6.03. The van der Waals surface area contributed by atoms with E-state index >= 15 is 0 Å². The summed E-state index contributed by atoms with van der Waals surface area (Å²) in [5.41, 5.74) is 7.32. The number of hydrogen-bond acceptors (Lipinski definition) is 4. The molecule has 0 saturated heterocycles. The molecule has 0 aliphatic heterocycles. The van der Waals surface area contributed by atoms with E-state index in [-0.39, 0.29) is 29.8 Å². The van der Waals surface area contributed by atoms with Crippen molar-refractivity contribution in [3.05, 3.63) is 42.0 Å². The lowest BCUT2D eigenvalue weighted by molar-refractivity contribution is 0.146. The van der Waals surface area contributed by atoms with Gasteiger partial charge >= 0.3 is 0 Å². The van der Waals surface area contributed by atoms with Gasteiger partial charge in [0, 0.05) is 38.3 Å². The number of guanidine groups is 1. The van der Waals surface area contributed by atoms with Gasteiger partial charge in [0.05, 0.1) is 5.69 Å². The third-order valence-corrected chi connectivity index (χ3v) is 3.26. The standard InChI is InChI=1S/C17H23FN4O2.HI/c1-2-23-11-3-9-20-17(19)21-10-8-15-12-24-16(22-15)13-4-6-14(18)7-5-13;/h4-7,12H,2-3,8-11H2,1H3,(H3,19,20,21);1H. The molecular formula is C17H24FIN4O2. The van der Waals surface area contributed by atoms with Crippen LogP contribution in [0, 0.1) is 5.82 Å². The lowest BCUT2D eigenvalue weighted by atomic mass is 10.2. The van der Waals surface area contributed by atoms with Gasteiger partial charge in [0.25, 0.3) is 0 Å². The van der Waals surface area contributed by atoms with E-state index in [0.717, 1.165) is 24.3 Å². The van der Waals surface area contributed by atoms with Crippen molar-refractivity contribution in [3.8, 4) is 11.5 Å². The second kappa shape index (κ2) is 11.8. The van der Waals surface area contributed by atoms with E-state index in [1.807, 2.05) is 6.92 Å². The molecule has 6 nitrogen and oxygen atoms in total. The number of aromatic nitrogens is 1. The largest absolute Gasteiger partial charge is 0.444 e. The van der Waals surface area contributed by atoms with Crippen LogP contribution in [0.4, 0.5) is 4.39 Å². The zero-order chi connectivity index (χ0) is 17.2. The molecule has 0 aliphatic rings. The van der Waals surface area contributed by atoms with Crippen molar-refractivity contribution in [1.82, 2.24) is 10.3 Å². The molecule has 0 saturated carbocycles. The highest BCUT2D eigenvalue weighted by Gasteiger charge is 2.06. The van der Waals surface area contributed by atoms with Crippen molar-refractivity contribution in [2.75, 3.05) is 26.3 Å². The van der Waals surface area contributed by atoms with E-state index in [9.17, 15) is 4.39 Å². The predicted molar refractivity (Wildman–Crippen MR) is 107 cm³/mol. The van der Waals surface area contributed by atoms with Crippen LogP contribution < -0.4 is 11.1 Å². The number of halogens is 2. The van der Waals surface area contributed by atoms with Gasteiger partial charge in [0.1, 0.15) is 12.1 Å². The van der Waals surface area contributed by atoms with Crippen LogP contribution in [0.1, 0.15) is 19.0 Å². The molecule has 0 unspecified atom stereocenters. The summed E-state index contributed by atoms with van der Waals surface area (Å²) in [5, 5.41) is 3.03. The molecule has 25 heavy (non-hydrogen) atoms. The van der Waals surface area contributed by atoms with Crippen molar-refractivity contribution in [1.29, 1.82) is 0 Å². The van der Waals surface area contributed by atoms with Gasteiger partial charge in [-0.05, 0) is 37.6 Å². The fraction of sp³-hybridized carbons (Fsp3) is 0.412. The molecule has 0 spiro atoms. The Morgan fingerprint density at radius 2 is 2.12 bits per heavy atom. The smallest absolute Gasteiger partial charge is 0.226 e. The third kappa shape index (κ3) is 7.82. The molecule has 0 bridgehead atoms. The molecule has 0 aliphatic carbocycles. The lowest BCUT2D eigenvalue weighted by Crippen LogP contribution is -2.33. The monoisotopic (exact) mass is 462 g/mol. The summed E-state index contributed by atoms with van der Waals surface area (Å²) in [6.07, 6.45) is 3.09.